The zero-order chi connectivity index (χ0) is 14.6. The predicted octanol–water partition coefficient (Wildman–Crippen LogP) is 3.79. The minimum absolute atomic E-state index is 0.129. The van der Waals surface area contributed by atoms with E-state index in [0.717, 1.165) is 24.8 Å². The highest BCUT2D eigenvalue weighted by Gasteiger charge is 2.23. The van der Waals surface area contributed by atoms with Crippen molar-refractivity contribution < 1.29 is 4.42 Å². The highest BCUT2D eigenvalue weighted by molar-refractivity contribution is 5.17. The van der Waals surface area contributed by atoms with Crippen molar-refractivity contribution in [3.8, 4) is 0 Å². The van der Waals surface area contributed by atoms with Crippen molar-refractivity contribution >= 4 is 0 Å². The second-order valence-electron chi connectivity index (χ2n) is 7.15. The molecule has 3 heteroatoms. The van der Waals surface area contributed by atoms with E-state index in [1.807, 2.05) is 6.26 Å². The lowest BCUT2D eigenvalue weighted by molar-refractivity contribution is 0.307. The molecule has 1 aromatic rings. The summed E-state index contributed by atoms with van der Waals surface area (Å²) in [5.74, 6) is 2.00. The van der Waals surface area contributed by atoms with Crippen LogP contribution in [0.1, 0.15) is 58.3 Å². The summed E-state index contributed by atoms with van der Waals surface area (Å²) in [4.78, 5) is 2.58. The lowest BCUT2D eigenvalue weighted by Gasteiger charge is -2.21. The summed E-state index contributed by atoms with van der Waals surface area (Å²) in [6.07, 6.45) is 5.88. The Balaban J connectivity index is 1.86. The van der Waals surface area contributed by atoms with Gasteiger partial charge in [-0.15, -0.1) is 0 Å². The number of rotatable bonds is 6. The largest absolute Gasteiger partial charge is 0.468 e. The molecule has 1 aromatic heterocycles. The van der Waals surface area contributed by atoms with E-state index in [1.54, 1.807) is 0 Å². The van der Waals surface area contributed by atoms with Gasteiger partial charge in [0, 0.05) is 24.2 Å². The van der Waals surface area contributed by atoms with E-state index in [0.29, 0.717) is 0 Å². The molecule has 0 aliphatic carbocycles. The quantitative estimate of drug-likeness (QED) is 0.858. The first-order valence-electron chi connectivity index (χ1n) is 8.00. The molecule has 3 nitrogen and oxygen atoms in total. The normalized spacial score (nSPS) is 20.7. The Morgan fingerprint density at radius 3 is 2.90 bits per heavy atom. The van der Waals surface area contributed by atoms with Gasteiger partial charge >= 0.3 is 0 Å². The van der Waals surface area contributed by atoms with Crippen LogP contribution in [0, 0.1) is 5.92 Å². The molecule has 0 amide bonds. The molecular weight excluding hydrogens is 248 g/mol. The number of hydrogen-bond donors (Lipinski definition) is 1. The Kier molecular flexibility index (Phi) is 5.28. The Hall–Kier alpha value is -0.800. The maximum atomic E-state index is 5.66. The number of nitrogens with zero attached hydrogens (tertiary/aromatic N) is 1. The minimum atomic E-state index is 0.129. The third-order valence-corrected chi connectivity index (χ3v) is 4.08. The standard InChI is InChI=1S/C17H30N2O/c1-5-6-14-7-9-19(12-14)13-15-8-10-20-16(15)11-18-17(2,3)4/h8,10,14,18H,5-7,9,11-13H2,1-4H3. The lowest BCUT2D eigenvalue weighted by atomic mass is 10.0. The van der Waals surface area contributed by atoms with Gasteiger partial charge in [-0.05, 0) is 52.1 Å². The van der Waals surface area contributed by atoms with Crippen molar-refractivity contribution in [1.29, 1.82) is 0 Å². The van der Waals surface area contributed by atoms with Crippen LogP contribution in [0.4, 0.5) is 0 Å². The number of likely N-dealkylation sites (tertiary alicyclic amines) is 1. The van der Waals surface area contributed by atoms with Crippen molar-refractivity contribution in [3.63, 3.8) is 0 Å². The number of furan rings is 1. The van der Waals surface area contributed by atoms with Crippen molar-refractivity contribution in [1.82, 2.24) is 10.2 Å². The van der Waals surface area contributed by atoms with Gasteiger partial charge in [0.05, 0.1) is 12.8 Å². The Bertz CT molecular complexity index is 405. The number of nitrogens with one attached hydrogen (secondary N) is 1. The third-order valence-electron chi connectivity index (χ3n) is 4.08. The summed E-state index contributed by atoms with van der Waals surface area (Å²) in [5, 5.41) is 3.51. The predicted molar refractivity (Wildman–Crippen MR) is 83.6 cm³/mol. The van der Waals surface area contributed by atoms with Crippen molar-refractivity contribution in [2.45, 2.75) is 65.6 Å². The smallest absolute Gasteiger partial charge is 0.122 e. The third kappa shape index (κ3) is 4.64. The molecule has 0 bridgehead atoms. The highest BCUT2D eigenvalue weighted by Crippen LogP contribution is 2.24. The maximum absolute atomic E-state index is 5.66. The molecule has 2 rings (SSSR count). The van der Waals surface area contributed by atoms with E-state index < -0.39 is 0 Å². The molecule has 20 heavy (non-hydrogen) atoms. The molecule has 1 atom stereocenters. The summed E-state index contributed by atoms with van der Waals surface area (Å²) in [7, 11) is 0. The summed E-state index contributed by atoms with van der Waals surface area (Å²) in [6.45, 7) is 13.2. The van der Waals surface area contributed by atoms with Gasteiger partial charge in [0.25, 0.3) is 0 Å². The average molecular weight is 278 g/mol. The fourth-order valence-electron chi connectivity index (χ4n) is 2.95. The fourth-order valence-corrected chi connectivity index (χ4v) is 2.95. The van der Waals surface area contributed by atoms with Crippen LogP contribution in [0.25, 0.3) is 0 Å². The van der Waals surface area contributed by atoms with Gasteiger partial charge in [0.15, 0.2) is 0 Å². The summed E-state index contributed by atoms with van der Waals surface area (Å²) in [6, 6.07) is 2.13. The molecule has 1 unspecified atom stereocenters. The molecule has 1 aliphatic heterocycles. The molecule has 0 aromatic carbocycles. The van der Waals surface area contributed by atoms with Gasteiger partial charge < -0.3 is 9.73 Å². The van der Waals surface area contributed by atoms with Crippen LogP contribution in [0.2, 0.25) is 0 Å². The van der Waals surface area contributed by atoms with Crippen LogP contribution < -0.4 is 5.32 Å². The first-order valence-corrected chi connectivity index (χ1v) is 8.00. The summed E-state index contributed by atoms with van der Waals surface area (Å²) < 4.78 is 5.66. The zero-order valence-electron chi connectivity index (χ0n) is 13.5. The lowest BCUT2D eigenvalue weighted by Crippen LogP contribution is -2.35. The summed E-state index contributed by atoms with van der Waals surface area (Å²) in [5.41, 5.74) is 1.48. The van der Waals surface area contributed by atoms with Crippen molar-refractivity contribution in [3.05, 3.63) is 23.7 Å². The molecule has 1 N–H and O–H groups in total. The van der Waals surface area contributed by atoms with Crippen LogP contribution >= 0.6 is 0 Å². The van der Waals surface area contributed by atoms with Gasteiger partial charge in [0.2, 0.25) is 0 Å². The molecule has 0 spiro atoms. The zero-order valence-corrected chi connectivity index (χ0v) is 13.5. The second-order valence-corrected chi connectivity index (χ2v) is 7.15. The molecule has 1 aliphatic rings. The van der Waals surface area contributed by atoms with Gasteiger partial charge in [-0.2, -0.15) is 0 Å². The van der Waals surface area contributed by atoms with Crippen LogP contribution in [0.15, 0.2) is 16.7 Å². The molecule has 114 valence electrons. The van der Waals surface area contributed by atoms with Crippen molar-refractivity contribution in [2.75, 3.05) is 13.1 Å². The van der Waals surface area contributed by atoms with E-state index in [9.17, 15) is 0 Å². The van der Waals surface area contributed by atoms with E-state index in [-0.39, 0.29) is 5.54 Å². The number of hydrogen-bond acceptors (Lipinski definition) is 3. The first-order chi connectivity index (χ1) is 9.48. The van der Waals surface area contributed by atoms with E-state index in [4.69, 9.17) is 4.42 Å². The van der Waals surface area contributed by atoms with Crippen LogP contribution in [0.5, 0.6) is 0 Å². The first kappa shape index (κ1) is 15.6. The Morgan fingerprint density at radius 1 is 1.40 bits per heavy atom. The molecule has 2 heterocycles. The van der Waals surface area contributed by atoms with Gasteiger partial charge in [-0.3, -0.25) is 4.90 Å². The molecule has 0 saturated carbocycles. The van der Waals surface area contributed by atoms with Gasteiger partial charge in [0.1, 0.15) is 5.76 Å². The second kappa shape index (κ2) is 6.77. The summed E-state index contributed by atoms with van der Waals surface area (Å²) >= 11 is 0. The molecule has 1 saturated heterocycles. The fraction of sp³-hybridized carbons (Fsp3) is 0.765. The van der Waals surface area contributed by atoms with Gasteiger partial charge in [-0.25, -0.2) is 0 Å². The van der Waals surface area contributed by atoms with E-state index in [2.05, 4.69) is 44.0 Å². The average Bonchev–Trinajstić information content (AvgIpc) is 2.97. The monoisotopic (exact) mass is 278 g/mol. The van der Waals surface area contributed by atoms with Crippen LogP contribution in [-0.2, 0) is 13.1 Å². The molecule has 0 radical (unpaired) electrons. The topological polar surface area (TPSA) is 28.4 Å². The van der Waals surface area contributed by atoms with Crippen LogP contribution in [0.3, 0.4) is 0 Å². The maximum Gasteiger partial charge on any atom is 0.122 e. The van der Waals surface area contributed by atoms with Crippen molar-refractivity contribution in [2.24, 2.45) is 5.92 Å². The minimum Gasteiger partial charge on any atom is -0.468 e. The van der Waals surface area contributed by atoms with E-state index >= 15 is 0 Å². The molecular formula is C17H30N2O. The SMILES string of the molecule is CCCC1CCN(Cc2ccoc2CNC(C)(C)C)C1. The Morgan fingerprint density at radius 2 is 2.20 bits per heavy atom. The Labute approximate surface area is 123 Å². The van der Waals surface area contributed by atoms with Gasteiger partial charge in [-0.1, -0.05) is 13.3 Å². The molecule has 1 fully saturated rings. The van der Waals surface area contributed by atoms with E-state index in [1.165, 1.54) is 37.9 Å². The highest BCUT2D eigenvalue weighted by atomic mass is 16.3. The van der Waals surface area contributed by atoms with Crippen LogP contribution in [-0.4, -0.2) is 23.5 Å².